The molecule has 3 heteroatoms. The Labute approximate surface area is 206 Å². The van der Waals surface area contributed by atoms with Crippen LogP contribution < -0.4 is 9.47 Å². The number of ether oxygens (including phenoxy) is 2. The first-order valence-electron chi connectivity index (χ1n) is 13.5. The summed E-state index contributed by atoms with van der Waals surface area (Å²) < 4.78 is 11.5. The Kier molecular flexibility index (Phi) is 9.07. The van der Waals surface area contributed by atoms with Crippen molar-refractivity contribution in [2.24, 2.45) is 11.8 Å². The molecule has 0 aliphatic heterocycles. The molecule has 34 heavy (non-hydrogen) atoms. The van der Waals surface area contributed by atoms with Crippen LogP contribution in [0, 0.1) is 11.8 Å². The number of Topliss-reactive ketones (excluding diaryl/α,β-unsaturated/α-hetero) is 1. The van der Waals surface area contributed by atoms with Gasteiger partial charge < -0.3 is 9.47 Å². The highest BCUT2D eigenvalue weighted by atomic mass is 16.5. The minimum absolute atomic E-state index is 0.244. The van der Waals surface area contributed by atoms with E-state index in [0.717, 1.165) is 11.5 Å². The molecule has 0 spiro atoms. The van der Waals surface area contributed by atoms with Gasteiger partial charge in [0.1, 0.15) is 17.3 Å². The molecule has 2 fully saturated rings. The van der Waals surface area contributed by atoms with Gasteiger partial charge in [0.15, 0.2) is 0 Å². The zero-order valence-electron chi connectivity index (χ0n) is 21.1. The standard InChI is InChI=1S/C31H42O3/c1-33-30-19-11-9-17-26(30)28(23-13-5-3-6-14-23)21-25(32)22-29(24-15-7-4-8-16-24)27-18-10-12-20-31(27)34-2/h9-12,17-20,23-24,28-29H,3-8,13-16,21-22H2,1-2H3. The maximum atomic E-state index is 13.8. The van der Waals surface area contributed by atoms with Gasteiger partial charge in [-0.3, -0.25) is 4.79 Å². The Hall–Kier alpha value is -2.29. The Bertz CT molecular complexity index is 835. The van der Waals surface area contributed by atoms with Crippen molar-refractivity contribution >= 4 is 5.78 Å². The summed E-state index contributed by atoms with van der Waals surface area (Å²) in [5.41, 5.74) is 2.44. The molecule has 2 atom stereocenters. The quantitative estimate of drug-likeness (QED) is 0.358. The fourth-order valence-corrected chi connectivity index (χ4v) is 6.65. The lowest BCUT2D eigenvalue weighted by Crippen LogP contribution is -2.23. The molecule has 2 saturated carbocycles. The van der Waals surface area contributed by atoms with Gasteiger partial charge in [-0.05, 0) is 72.6 Å². The summed E-state index contributed by atoms with van der Waals surface area (Å²) in [5.74, 6) is 3.87. The van der Waals surface area contributed by atoms with Gasteiger partial charge >= 0.3 is 0 Å². The van der Waals surface area contributed by atoms with Gasteiger partial charge in [0.05, 0.1) is 14.2 Å². The second-order valence-electron chi connectivity index (χ2n) is 10.4. The van der Waals surface area contributed by atoms with E-state index in [1.54, 1.807) is 14.2 Å². The fraction of sp³-hybridized carbons (Fsp3) is 0.581. The first kappa shape index (κ1) is 24.8. The van der Waals surface area contributed by atoms with Crippen molar-refractivity contribution < 1.29 is 14.3 Å². The molecule has 2 aromatic rings. The van der Waals surface area contributed by atoms with Gasteiger partial charge in [-0.25, -0.2) is 0 Å². The highest BCUT2D eigenvalue weighted by molar-refractivity contribution is 5.80. The summed E-state index contributed by atoms with van der Waals surface area (Å²) in [6, 6.07) is 16.7. The van der Waals surface area contributed by atoms with Gasteiger partial charge in [-0.1, -0.05) is 74.9 Å². The molecule has 0 aromatic heterocycles. The molecule has 3 nitrogen and oxygen atoms in total. The van der Waals surface area contributed by atoms with Crippen LogP contribution in [-0.2, 0) is 4.79 Å². The predicted molar refractivity (Wildman–Crippen MR) is 139 cm³/mol. The lowest BCUT2D eigenvalue weighted by atomic mass is 9.71. The zero-order valence-corrected chi connectivity index (χ0v) is 21.1. The lowest BCUT2D eigenvalue weighted by Gasteiger charge is -2.33. The number of para-hydroxylation sites is 2. The summed E-state index contributed by atoms with van der Waals surface area (Å²) in [6.07, 6.45) is 13.8. The molecule has 0 bridgehead atoms. The normalized spacial score (nSPS) is 19.4. The first-order chi connectivity index (χ1) is 16.7. The minimum Gasteiger partial charge on any atom is -0.496 e. The number of rotatable bonds is 10. The highest BCUT2D eigenvalue weighted by Gasteiger charge is 2.33. The van der Waals surface area contributed by atoms with E-state index < -0.39 is 0 Å². The Morgan fingerprint density at radius 3 is 1.44 bits per heavy atom. The number of carbonyl (C=O) groups is 1. The molecule has 0 amide bonds. The number of carbonyl (C=O) groups excluding carboxylic acids is 1. The summed E-state index contributed by atoms with van der Waals surface area (Å²) in [5, 5.41) is 0. The molecule has 184 valence electrons. The highest BCUT2D eigenvalue weighted by Crippen LogP contribution is 2.45. The van der Waals surface area contributed by atoms with E-state index in [2.05, 4.69) is 36.4 Å². The summed E-state index contributed by atoms with van der Waals surface area (Å²) >= 11 is 0. The molecule has 0 radical (unpaired) electrons. The van der Waals surface area contributed by atoms with Crippen molar-refractivity contribution in [3.8, 4) is 11.5 Å². The van der Waals surface area contributed by atoms with Gasteiger partial charge in [-0.15, -0.1) is 0 Å². The van der Waals surface area contributed by atoms with E-state index in [1.807, 2.05) is 12.1 Å². The van der Waals surface area contributed by atoms with Crippen LogP contribution in [-0.4, -0.2) is 20.0 Å². The average molecular weight is 463 g/mol. The Morgan fingerprint density at radius 2 is 1.06 bits per heavy atom. The molecule has 2 aliphatic carbocycles. The SMILES string of the molecule is COc1ccccc1C(CC(=O)CC(c1ccccc1OC)C1CCCCC1)C1CCCCC1. The number of hydrogen-bond donors (Lipinski definition) is 0. The van der Waals surface area contributed by atoms with Crippen LogP contribution in [0.15, 0.2) is 48.5 Å². The maximum absolute atomic E-state index is 13.8. The van der Waals surface area contributed by atoms with Crippen LogP contribution in [0.25, 0.3) is 0 Å². The second kappa shape index (κ2) is 12.4. The topological polar surface area (TPSA) is 35.5 Å². The van der Waals surface area contributed by atoms with E-state index in [1.165, 1.54) is 75.3 Å². The molecule has 4 rings (SSSR count). The van der Waals surface area contributed by atoms with Crippen LogP contribution in [0.1, 0.15) is 100 Å². The van der Waals surface area contributed by atoms with E-state index in [-0.39, 0.29) is 11.8 Å². The average Bonchev–Trinajstić information content (AvgIpc) is 2.91. The molecule has 2 unspecified atom stereocenters. The van der Waals surface area contributed by atoms with E-state index in [0.29, 0.717) is 30.5 Å². The van der Waals surface area contributed by atoms with Crippen molar-refractivity contribution in [3.63, 3.8) is 0 Å². The smallest absolute Gasteiger partial charge is 0.134 e. The number of ketones is 1. The van der Waals surface area contributed by atoms with E-state index >= 15 is 0 Å². The Balaban J connectivity index is 1.58. The Morgan fingerprint density at radius 1 is 0.676 bits per heavy atom. The third-order valence-electron chi connectivity index (χ3n) is 8.41. The third kappa shape index (κ3) is 6.03. The second-order valence-corrected chi connectivity index (χ2v) is 10.4. The molecular formula is C31H42O3. The first-order valence-corrected chi connectivity index (χ1v) is 13.5. The number of benzene rings is 2. The van der Waals surface area contributed by atoms with Crippen molar-refractivity contribution in [2.75, 3.05) is 14.2 Å². The van der Waals surface area contributed by atoms with E-state index in [9.17, 15) is 4.79 Å². The van der Waals surface area contributed by atoms with Gasteiger partial charge in [0.25, 0.3) is 0 Å². The number of methoxy groups -OCH3 is 2. The van der Waals surface area contributed by atoms with Crippen molar-refractivity contribution in [1.29, 1.82) is 0 Å². The molecule has 0 saturated heterocycles. The predicted octanol–water partition coefficient (Wildman–Crippen LogP) is 8.08. The van der Waals surface area contributed by atoms with Gasteiger partial charge in [-0.2, -0.15) is 0 Å². The maximum Gasteiger partial charge on any atom is 0.134 e. The minimum atomic E-state index is 0.244. The van der Waals surface area contributed by atoms with Crippen molar-refractivity contribution in [3.05, 3.63) is 59.7 Å². The summed E-state index contributed by atoms with van der Waals surface area (Å²) in [6.45, 7) is 0. The molecule has 0 N–H and O–H groups in total. The largest absolute Gasteiger partial charge is 0.496 e. The summed E-state index contributed by atoms with van der Waals surface area (Å²) in [4.78, 5) is 13.8. The third-order valence-corrected chi connectivity index (χ3v) is 8.41. The molecule has 2 aromatic carbocycles. The van der Waals surface area contributed by atoms with Crippen molar-refractivity contribution in [2.45, 2.75) is 88.9 Å². The zero-order chi connectivity index (χ0) is 23.8. The van der Waals surface area contributed by atoms with Crippen LogP contribution in [0.2, 0.25) is 0 Å². The van der Waals surface area contributed by atoms with Gasteiger partial charge in [0, 0.05) is 12.8 Å². The fourth-order valence-electron chi connectivity index (χ4n) is 6.65. The monoisotopic (exact) mass is 462 g/mol. The van der Waals surface area contributed by atoms with Crippen LogP contribution in [0.3, 0.4) is 0 Å². The van der Waals surface area contributed by atoms with Crippen LogP contribution in [0.5, 0.6) is 11.5 Å². The van der Waals surface area contributed by atoms with Crippen LogP contribution >= 0.6 is 0 Å². The van der Waals surface area contributed by atoms with E-state index in [4.69, 9.17) is 9.47 Å². The number of hydrogen-bond acceptors (Lipinski definition) is 3. The molecule has 0 heterocycles. The lowest BCUT2D eigenvalue weighted by molar-refractivity contribution is -0.120. The summed E-state index contributed by atoms with van der Waals surface area (Å²) in [7, 11) is 3.50. The van der Waals surface area contributed by atoms with Gasteiger partial charge in [0.2, 0.25) is 0 Å². The van der Waals surface area contributed by atoms with Crippen molar-refractivity contribution in [1.82, 2.24) is 0 Å². The molecule has 2 aliphatic rings. The molecular weight excluding hydrogens is 420 g/mol. The van der Waals surface area contributed by atoms with Crippen LogP contribution in [0.4, 0.5) is 0 Å².